The first kappa shape index (κ1) is 17.8. The van der Waals surface area contributed by atoms with E-state index in [0.717, 1.165) is 20.8 Å². The van der Waals surface area contributed by atoms with E-state index in [1.807, 2.05) is 69.3 Å². The lowest BCUT2D eigenvalue weighted by atomic mass is 10.1. The van der Waals surface area contributed by atoms with Crippen molar-refractivity contribution in [3.05, 3.63) is 53.5 Å². The highest BCUT2D eigenvalue weighted by atomic mass is 32.3. The average Bonchev–Trinajstić information content (AvgIpc) is 3.14. The van der Waals surface area contributed by atoms with Gasteiger partial charge in [0.2, 0.25) is 0 Å². The summed E-state index contributed by atoms with van der Waals surface area (Å²) in [7, 11) is -3.80. The zero-order valence-electron chi connectivity index (χ0n) is 14.6. The summed E-state index contributed by atoms with van der Waals surface area (Å²) in [5, 5.41) is 3.77. The van der Waals surface area contributed by atoms with E-state index in [1.54, 1.807) is 0 Å². The molecule has 1 aliphatic heterocycles. The van der Waals surface area contributed by atoms with Crippen LogP contribution in [0.2, 0.25) is 0 Å². The number of nitrogens with zero attached hydrogens (tertiary/aromatic N) is 1. The van der Waals surface area contributed by atoms with Gasteiger partial charge in [-0.1, -0.05) is 36.0 Å². The Kier molecular flexibility index (Phi) is 4.07. The summed E-state index contributed by atoms with van der Waals surface area (Å²) >= 11 is 2.69. The molecule has 2 heterocycles. The van der Waals surface area contributed by atoms with E-state index in [-0.39, 0.29) is 0 Å². The van der Waals surface area contributed by atoms with Crippen LogP contribution in [0.15, 0.2) is 53.4 Å². The second-order valence-electron chi connectivity index (χ2n) is 7.18. The van der Waals surface area contributed by atoms with Gasteiger partial charge in [-0.15, -0.1) is 11.3 Å². The maximum atomic E-state index is 13.5. The minimum atomic E-state index is -3.80. The summed E-state index contributed by atoms with van der Waals surface area (Å²) in [4.78, 5) is 5.56. The predicted molar refractivity (Wildman–Crippen MR) is 109 cm³/mol. The van der Waals surface area contributed by atoms with Gasteiger partial charge in [-0.2, -0.15) is 0 Å². The molecule has 1 atom stereocenters. The molecule has 8 heteroatoms. The molecule has 136 valence electrons. The van der Waals surface area contributed by atoms with Crippen molar-refractivity contribution in [1.82, 2.24) is 9.71 Å². The van der Waals surface area contributed by atoms with Gasteiger partial charge in [0.25, 0.3) is 14.2 Å². The van der Waals surface area contributed by atoms with Crippen LogP contribution < -0.4 is 10.0 Å². The number of thiazole rings is 1. The van der Waals surface area contributed by atoms with E-state index in [9.17, 15) is 8.42 Å². The highest BCUT2D eigenvalue weighted by Gasteiger charge is 2.54. The number of para-hydroxylation sites is 2. The van der Waals surface area contributed by atoms with Gasteiger partial charge in [-0.3, -0.25) is 0 Å². The average molecular weight is 406 g/mol. The molecular weight excluding hydrogens is 386 g/mol. The third-order valence-corrected chi connectivity index (χ3v) is 9.25. The molecule has 0 bridgehead atoms. The normalized spacial score (nSPS) is 20.1. The van der Waals surface area contributed by atoms with Crippen molar-refractivity contribution in [1.29, 1.82) is 0 Å². The first-order chi connectivity index (χ1) is 12.2. The highest BCUT2D eigenvalue weighted by molar-refractivity contribution is 8.14. The Morgan fingerprint density at radius 3 is 2.46 bits per heavy atom. The molecule has 4 rings (SSSR count). The van der Waals surface area contributed by atoms with Crippen LogP contribution in [0.3, 0.4) is 0 Å². The van der Waals surface area contributed by atoms with Crippen LogP contribution in [0.4, 0.5) is 5.69 Å². The van der Waals surface area contributed by atoms with Crippen LogP contribution in [-0.4, -0.2) is 18.9 Å². The molecule has 3 aromatic rings. The fourth-order valence-electron chi connectivity index (χ4n) is 2.84. The van der Waals surface area contributed by atoms with Crippen molar-refractivity contribution in [3.8, 4) is 0 Å². The van der Waals surface area contributed by atoms with Gasteiger partial charge >= 0.3 is 0 Å². The van der Waals surface area contributed by atoms with Crippen LogP contribution in [-0.2, 0) is 14.2 Å². The maximum absolute atomic E-state index is 13.5. The molecule has 0 saturated heterocycles. The maximum Gasteiger partial charge on any atom is 0.258 e. The molecule has 0 saturated carbocycles. The van der Waals surface area contributed by atoms with Gasteiger partial charge in [0.15, 0.2) is 0 Å². The van der Waals surface area contributed by atoms with Crippen LogP contribution in [0.5, 0.6) is 0 Å². The molecule has 0 radical (unpaired) electrons. The number of anilines is 1. The largest absolute Gasteiger partial charge is 0.350 e. The van der Waals surface area contributed by atoms with E-state index in [2.05, 4.69) is 15.0 Å². The molecule has 1 aliphatic rings. The number of hydrogen-bond acceptors (Lipinski definition) is 6. The summed E-state index contributed by atoms with van der Waals surface area (Å²) in [6, 6.07) is 15.3. The minimum absolute atomic E-state index is 0.525. The number of benzene rings is 2. The summed E-state index contributed by atoms with van der Waals surface area (Å²) < 4.78 is 29.4. The second kappa shape index (κ2) is 5.95. The van der Waals surface area contributed by atoms with Crippen molar-refractivity contribution in [2.75, 3.05) is 5.32 Å². The Morgan fingerprint density at radius 2 is 1.77 bits per heavy atom. The van der Waals surface area contributed by atoms with Crippen LogP contribution in [0.1, 0.15) is 25.8 Å². The summed E-state index contributed by atoms with van der Waals surface area (Å²) in [5.41, 5.74) is 1.01. The van der Waals surface area contributed by atoms with Gasteiger partial charge in [0, 0.05) is 10.4 Å². The highest BCUT2D eigenvalue weighted by Crippen LogP contribution is 2.55. The Labute approximate surface area is 161 Å². The minimum Gasteiger partial charge on any atom is -0.350 e. The standard InChI is InChI=1S/C18H19N3O2S3/c1-17(2,3)21-26(22,23)18(20-13-9-5-7-11-15(13)25-18)16-19-12-8-4-6-10-14(12)24-16/h4-11,20-21H,1-3H3. The summed E-state index contributed by atoms with van der Waals surface area (Å²) in [5.74, 6) is 0. The quantitative estimate of drug-likeness (QED) is 0.678. The van der Waals surface area contributed by atoms with Crippen molar-refractivity contribution in [3.63, 3.8) is 0 Å². The monoisotopic (exact) mass is 405 g/mol. The molecule has 1 aromatic heterocycles. The molecule has 1 unspecified atom stereocenters. The van der Waals surface area contributed by atoms with Gasteiger partial charge in [-0.25, -0.2) is 18.1 Å². The predicted octanol–water partition coefficient (Wildman–Crippen LogP) is 4.34. The van der Waals surface area contributed by atoms with E-state index >= 15 is 0 Å². The van der Waals surface area contributed by atoms with Gasteiger partial charge in [0.05, 0.1) is 15.9 Å². The van der Waals surface area contributed by atoms with E-state index in [0.29, 0.717) is 5.01 Å². The first-order valence-corrected chi connectivity index (χ1v) is 11.3. The number of aromatic nitrogens is 1. The van der Waals surface area contributed by atoms with Crippen LogP contribution in [0, 0.1) is 0 Å². The van der Waals surface area contributed by atoms with Crippen molar-refractivity contribution in [2.45, 2.75) is 35.4 Å². The van der Waals surface area contributed by atoms with Crippen molar-refractivity contribution in [2.24, 2.45) is 0 Å². The first-order valence-electron chi connectivity index (χ1n) is 8.16. The number of hydrogen-bond donors (Lipinski definition) is 2. The molecule has 0 fully saturated rings. The Hall–Kier alpha value is -1.61. The Morgan fingerprint density at radius 1 is 1.08 bits per heavy atom. The van der Waals surface area contributed by atoms with Crippen LogP contribution in [0.25, 0.3) is 10.2 Å². The molecule has 26 heavy (non-hydrogen) atoms. The van der Waals surface area contributed by atoms with Gasteiger partial charge < -0.3 is 5.32 Å². The van der Waals surface area contributed by atoms with E-state index in [4.69, 9.17) is 0 Å². The molecule has 0 spiro atoms. The third-order valence-electron chi connectivity index (χ3n) is 3.83. The molecule has 2 aromatic carbocycles. The molecule has 5 nitrogen and oxygen atoms in total. The smallest absolute Gasteiger partial charge is 0.258 e. The van der Waals surface area contributed by atoms with Crippen LogP contribution >= 0.6 is 23.1 Å². The number of sulfonamides is 1. The fraction of sp³-hybridized carbons (Fsp3) is 0.278. The van der Waals surface area contributed by atoms with Crippen molar-refractivity contribution < 1.29 is 8.42 Å². The number of rotatable bonds is 3. The Bertz CT molecular complexity index is 1030. The van der Waals surface area contributed by atoms with Gasteiger partial charge in [-0.05, 0) is 45.0 Å². The second-order valence-corrected chi connectivity index (χ2v) is 11.6. The molecule has 2 N–H and O–H groups in total. The topological polar surface area (TPSA) is 71.1 Å². The lowest BCUT2D eigenvalue weighted by Gasteiger charge is -2.31. The zero-order valence-corrected chi connectivity index (χ0v) is 17.1. The number of nitrogens with one attached hydrogen (secondary N) is 2. The number of fused-ring (bicyclic) bond motifs is 2. The lowest BCUT2D eigenvalue weighted by molar-refractivity contribution is 0.484. The lowest BCUT2D eigenvalue weighted by Crippen LogP contribution is -2.51. The molecular formula is C18H19N3O2S3. The molecule has 0 aliphatic carbocycles. The van der Waals surface area contributed by atoms with Crippen molar-refractivity contribution >= 4 is 49.0 Å². The SMILES string of the molecule is CC(C)(C)NS(=O)(=O)C1(c2nc3ccccc3s2)Nc2ccccc2S1. The zero-order chi connectivity index (χ0) is 18.6. The van der Waals surface area contributed by atoms with E-state index < -0.39 is 19.8 Å². The third kappa shape index (κ3) is 2.90. The van der Waals surface area contributed by atoms with E-state index in [1.165, 1.54) is 23.1 Å². The molecule has 0 amide bonds. The number of thioether (sulfide) groups is 1. The fourth-order valence-corrected chi connectivity index (χ4v) is 7.73. The summed E-state index contributed by atoms with van der Waals surface area (Å²) in [6.45, 7) is 5.51. The summed E-state index contributed by atoms with van der Waals surface area (Å²) in [6.07, 6.45) is 0. The Balaban J connectivity index is 1.91. The van der Waals surface area contributed by atoms with Gasteiger partial charge in [0.1, 0.15) is 5.01 Å².